The smallest absolute Gasteiger partial charge is 0.189 e. The maximum atomic E-state index is 13.3. The van der Waals surface area contributed by atoms with Crippen LogP contribution in [0.4, 0.5) is 10.2 Å². The molecule has 9 N–H and O–H groups in total. The van der Waals surface area contributed by atoms with Crippen LogP contribution < -0.4 is 22.9 Å². The van der Waals surface area contributed by atoms with Gasteiger partial charge in [-0.2, -0.15) is 5.26 Å². The molecule has 9 nitrogen and oxygen atoms in total. The zero-order chi connectivity index (χ0) is 30.2. The van der Waals surface area contributed by atoms with Crippen LogP contribution in [0.3, 0.4) is 0 Å². The molecule has 0 bridgehead atoms. The Balaban J connectivity index is 0.00000150. The molecular formula is C30H35FN8O. The number of nitriles is 1. The molecule has 2 aromatic carbocycles. The van der Waals surface area contributed by atoms with Gasteiger partial charge in [0.1, 0.15) is 23.5 Å². The first-order chi connectivity index (χ1) is 19.1. The molecule has 0 aliphatic heterocycles. The topological polar surface area (TPSA) is 194 Å². The van der Waals surface area contributed by atoms with Crippen LogP contribution in [-0.4, -0.2) is 36.9 Å². The number of ketones is 1. The molecule has 0 amide bonds. The number of halogens is 1. The van der Waals surface area contributed by atoms with Gasteiger partial charge in [-0.25, -0.2) is 9.37 Å². The molecule has 40 heavy (non-hydrogen) atoms. The first kappa shape index (κ1) is 33.0. The monoisotopic (exact) mass is 542 g/mol. The number of aromatic nitrogens is 1. The number of anilines is 1. The van der Waals surface area contributed by atoms with Crippen LogP contribution in [0.15, 0.2) is 83.1 Å². The summed E-state index contributed by atoms with van der Waals surface area (Å²) in [6.07, 6.45) is 4.57. The van der Waals surface area contributed by atoms with Crippen molar-refractivity contribution in [1.29, 1.82) is 10.7 Å². The van der Waals surface area contributed by atoms with Crippen molar-refractivity contribution < 1.29 is 9.18 Å². The Morgan fingerprint density at radius 2 is 1.82 bits per heavy atom. The molecule has 208 valence electrons. The van der Waals surface area contributed by atoms with Crippen molar-refractivity contribution in [2.75, 3.05) is 19.3 Å². The predicted molar refractivity (Wildman–Crippen MR) is 160 cm³/mol. The van der Waals surface area contributed by atoms with Gasteiger partial charge in [-0.3, -0.25) is 15.2 Å². The highest BCUT2D eigenvalue weighted by molar-refractivity contribution is 6.09. The first-order valence-electron chi connectivity index (χ1n) is 12.2. The summed E-state index contributed by atoms with van der Waals surface area (Å²) in [4.78, 5) is 21.0. The van der Waals surface area contributed by atoms with E-state index in [0.29, 0.717) is 16.7 Å². The van der Waals surface area contributed by atoms with E-state index < -0.39 is 5.82 Å². The summed E-state index contributed by atoms with van der Waals surface area (Å²) in [5.74, 6) is -0.766. The minimum atomic E-state index is -0.447. The van der Waals surface area contributed by atoms with E-state index in [1.54, 1.807) is 12.3 Å². The number of hydrogen-bond acceptors (Lipinski definition) is 8. The van der Waals surface area contributed by atoms with Crippen molar-refractivity contribution in [1.82, 2.24) is 4.98 Å². The van der Waals surface area contributed by atoms with Gasteiger partial charge in [0.15, 0.2) is 5.78 Å². The summed E-state index contributed by atoms with van der Waals surface area (Å²) < 4.78 is 13.3. The lowest BCUT2D eigenvalue weighted by molar-refractivity contribution is 0.103. The van der Waals surface area contributed by atoms with Crippen molar-refractivity contribution in [3.63, 3.8) is 0 Å². The second-order valence-corrected chi connectivity index (χ2v) is 8.19. The maximum Gasteiger partial charge on any atom is 0.189 e. The summed E-state index contributed by atoms with van der Waals surface area (Å²) in [6.45, 7) is 7.92. The average molecular weight is 543 g/mol. The van der Waals surface area contributed by atoms with Crippen LogP contribution in [0.1, 0.15) is 34.0 Å². The number of nitrogens with one attached hydrogen (secondary N) is 1. The molecule has 10 heteroatoms. The van der Waals surface area contributed by atoms with Crippen molar-refractivity contribution in [3.8, 4) is 17.2 Å². The van der Waals surface area contributed by atoms with E-state index in [0.717, 1.165) is 28.8 Å². The molecule has 0 aliphatic carbocycles. The minimum Gasteiger partial charge on any atom is -0.384 e. The Labute approximate surface area is 234 Å². The molecule has 3 rings (SSSR count). The zero-order valence-corrected chi connectivity index (χ0v) is 22.9. The third-order valence-electron chi connectivity index (χ3n) is 5.29. The van der Waals surface area contributed by atoms with Gasteiger partial charge in [-0.1, -0.05) is 25.1 Å². The summed E-state index contributed by atoms with van der Waals surface area (Å²) in [6, 6.07) is 14.6. The third kappa shape index (κ3) is 9.40. The lowest BCUT2D eigenvalue weighted by atomic mass is 9.92. The van der Waals surface area contributed by atoms with Crippen LogP contribution in [-0.2, 0) is 6.42 Å². The van der Waals surface area contributed by atoms with Crippen LogP contribution in [0.2, 0.25) is 0 Å². The molecule has 1 aromatic heterocycles. The van der Waals surface area contributed by atoms with E-state index >= 15 is 0 Å². The number of benzene rings is 2. The fraction of sp³-hybridized carbons (Fsp3) is 0.167. The van der Waals surface area contributed by atoms with Crippen molar-refractivity contribution in [2.24, 2.45) is 22.2 Å². The molecule has 3 aromatic rings. The fourth-order valence-electron chi connectivity index (χ4n) is 3.59. The summed E-state index contributed by atoms with van der Waals surface area (Å²) >= 11 is 0. The van der Waals surface area contributed by atoms with Crippen molar-refractivity contribution >= 4 is 24.2 Å². The van der Waals surface area contributed by atoms with E-state index in [1.165, 1.54) is 43.6 Å². The number of aliphatic imine (C=N–C) groups is 1. The Bertz CT molecular complexity index is 1440. The second-order valence-electron chi connectivity index (χ2n) is 8.19. The molecule has 0 aliphatic rings. The van der Waals surface area contributed by atoms with Gasteiger partial charge in [0.25, 0.3) is 0 Å². The molecular weight excluding hydrogens is 507 g/mol. The Morgan fingerprint density at radius 1 is 1.20 bits per heavy atom. The summed E-state index contributed by atoms with van der Waals surface area (Å²) in [5, 5.41) is 17.1. The number of nitrogens with two attached hydrogens (primary N) is 4. The highest BCUT2D eigenvalue weighted by atomic mass is 19.1. The number of nitrogen functional groups attached to an aromatic ring is 2. The number of aryl methyl sites for hydroxylation is 1. The van der Waals surface area contributed by atoms with Gasteiger partial charge in [0.2, 0.25) is 0 Å². The molecule has 0 fully saturated rings. The van der Waals surface area contributed by atoms with Gasteiger partial charge in [-0.05, 0) is 80.3 Å². The largest absolute Gasteiger partial charge is 0.384 e. The van der Waals surface area contributed by atoms with Crippen LogP contribution in [0.25, 0.3) is 11.1 Å². The molecule has 0 saturated heterocycles. The highest BCUT2D eigenvalue weighted by Crippen LogP contribution is 2.27. The Hall–Kier alpha value is -4.98. The van der Waals surface area contributed by atoms with Crippen molar-refractivity contribution in [2.45, 2.75) is 20.3 Å². The lowest BCUT2D eigenvalue weighted by Crippen LogP contribution is -2.14. The van der Waals surface area contributed by atoms with Crippen molar-refractivity contribution in [3.05, 3.63) is 106 Å². The van der Waals surface area contributed by atoms with Gasteiger partial charge in [0.05, 0.1) is 11.1 Å². The number of amidine groups is 1. The quantitative estimate of drug-likeness (QED) is 0.0706. The first-order valence-corrected chi connectivity index (χ1v) is 12.2. The van der Waals surface area contributed by atoms with E-state index in [-0.39, 0.29) is 29.4 Å². The standard InChI is InChI=1S/C27H23FN6O.C2H7N.CH5N/c1-16-9-17(3-8-23(16)21-12-24(26(30)31)27(32)34-15-21)10-20(11-18(13-29)14-33-2)25(35)19-4-6-22(28)7-5-19;1-2-3;1-2/h3-9,11-12,14-15H,2,10H2,1H3,(H3,30,31)(H2,32,34);2-3H2,1H3;2H2,1H3/b18-14+,20-11+;;. The second kappa shape index (κ2) is 16.8. The Morgan fingerprint density at radius 3 is 2.35 bits per heavy atom. The zero-order valence-electron chi connectivity index (χ0n) is 22.9. The Kier molecular flexibility index (Phi) is 13.9. The molecule has 0 saturated carbocycles. The number of allylic oxidation sites excluding steroid dienone is 3. The van der Waals surface area contributed by atoms with Crippen LogP contribution >= 0.6 is 0 Å². The average Bonchev–Trinajstić information content (AvgIpc) is 2.94. The lowest BCUT2D eigenvalue weighted by Gasteiger charge is -2.12. The number of rotatable bonds is 8. The number of hydrogen-bond donors (Lipinski definition) is 5. The number of Topliss-reactive ketones (excluding diaryl/α,β-unsaturated/α-hetero) is 1. The summed E-state index contributed by atoms with van der Waals surface area (Å²) in [7, 11) is 1.50. The molecule has 0 spiro atoms. The van der Waals surface area contributed by atoms with Gasteiger partial charge in [0, 0.05) is 35.5 Å². The summed E-state index contributed by atoms with van der Waals surface area (Å²) in [5.41, 5.74) is 25.3. The van der Waals surface area contributed by atoms with Gasteiger partial charge in [-0.15, -0.1) is 0 Å². The molecule has 0 atom stereocenters. The van der Waals surface area contributed by atoms with Crippen LogP contribution in [0, 0.1) is 29.5 Å². The SMILES string of the molecule is C=N/C=C(C#N)\C=C(/Cc1ccc(-c2cnc(N)c(C(=N)N)c2)c(C)c1)C(=O)c1ccc(F)cc1.CCN.CN. The highest BCUT2D eigenvalue weighted by Gasteiger charge is 2.16. The van der Waals surface area contributed by atoms with Gasteiger partial charge < -0.3 is 22.9 Å². The number of carbonyl (C=O) groups excluding carboxylic acids is 1. The predicted octanol–water partition coefficient (Wildman–Crippen LogP) is 4.06. The number of carbonyl (C=O) groups is 1. The van der Waals surface area contributed by atoms with Crippen LogP contribution in [0.5, 0.6) is 0 Å². The fourth-order valence-corrected chi connectivity index (χ4v) is 3.59. The number of pyridine rings is 1. The third-order valence-corrected chi connectivity index (χ3v) is 5.29. The number of nitrogens with zero attached hydrogens (tertiary/aromatic N) is 3. The van der Waals surface area contributed by atoms with Gasteiger partial charge >= 0.3 is 0 Å². The molecule has 1 heterocycles. The normalized spacial score (nSPS) is 10.7. The maximum absolute atomic E-state index is 13.3. The molecule has 0 unspecified atom stereocenters. The minimum absolute atomic E-state index is 0.170. The molecule has 0 radical (unpaired) electrons. The van der Waals surface area contributed by atoms with E-state index in [1.807, 2.05) is 38.1 Å². The van der Waals surface area contributed by atoms with E-state index in [9.17, 15) is 14.4 Å². The van der Waals surface area contributed by atoms with E-state index in [2.05, 4.69) is 22.4 Å². The van der Waals surface area contributed by atoms with E-state index in [4.69, 9.17) is 22.6 Å².